The molecule has 1 aromatic heterocycles. The standard InChI is InChI=1S/C11H14ClN3O2S/c1-14-6-10(16)15(11(14)17)4-2-3-9-13-8(5-12)7-18-9/h7H,2-6H2,1H3. The smallest absolute Gasteiger partial charge is 0.318 e. The molecule has 0 bridgehead atoms. The lowest BCUT2D eigenvalue weighted by Crippen LogP contribution is -2.32. The highest BCUT2D eigenvalue weighted by molar-refractivity contribution is 7.09. The predicted molar refractivity (Wildman–Crippen MR) is 69.7 cm³/mol. The number of carbonyl (C=O) groups excluding carboxylic acids is 2. The van der Waals surface area contributed by atoms with Gasteiger partial charge >= 0.3 is 6.03 Å². The van der Waals surface area contributed by atoms with E-state index in [0.29, 0.717) is 12.4 Å². The summed E-state index contributed by atoms with van der Waals surface area (Å²) in [6, 6.07) is -0.208. The molecule has 0 N–H and O–H groups in total. The third-order valence-electron chi connectivity index (χ3n) is 2.74. The van der Waals surface area contributed by atoms with E-state index in [1.807, 2.05) is 5.38 Å². The quantitative estimate of drug-likeness (QED) is 0.612. The molecular formula is C11H14ClN3O2S. The third-order valence-corrected chi connectivity index (χ3v) is 3.97. The van der Waals surface area contributed by atoms with E-state index >= 15 is 0 Å². The molecule has 0 unspecified atom stereocenters. The minimum Gasteiger partial charge on any atom is -0.318 e. The van der Waals surface area contributed by atoms with Crippen molar-refractivity contribution in [2.75, 3.05) is 20.1 Å². The Bertz CT molecular complexity index is 463. The van der Waals surface area contributed by atoms with Crippen LogP contribution in [0.1, 0.15) is 17.1 Å². The number of imide groups is 1. The molecule has 2 heterocycles. The van der Waals surface area contributed by atoms with E-state index in [0.717, 1.165) is 23.5 Å². The fourth-order valence-electron chi connectivity index (χ4n) is 1.80. The monoisotopic (exact) mass is 287 g/mol. The van der Waals surface area contributed by atoms with E-state index in [-0.39, 0.29) is 18.5 Å². The van der Waals surface area contributed by atoms with Crippen LogP contribution < -0.4 is 0 Å². The molecule has 0 radical (unpaired) electrons. The lowest BCUT2D eigenvalue weighted by atomic mass is 10.3. The number of carbonyl (C=O) groups is 2. The topological polar surface area (TPSA) is 53.5 Å². The number of halogens is 1. The van der Waals surface area contributed by atoms with Gasteiger partial charge in [0.15, 0.2) is 0 Å². The average Bonchev–Trinajstić information content (AvgIpc) is 2.89. The molecule has 1 fully saturated rings. The predicted octanol–water partition coefficient (Wildman–Crippen LogP) is 1.71. The minimum atomic E-state index is -0.208. The second-order valence-electron chi connectivity index (χ2n) is 4.15. The number of rotatable bonds is 5. The van der Waals surface area contributed by atoms with Crippen LogP contribution in [0.3, 0.4) is 0 Å². The van der Waals surface area contributed by atoms with Gasteiger partial charge in [-0.25, -0.2) is 9.78 Å². The van der Waals surface area contributed by atoms with Gasteiger partial charge in [-0.1, -0.05) is 0 Å². The van der Waals surface area contributed by atoms with Crippen molar-refractivity contribution in [2.24, 2.45) is 0 Å². The van der Waals surface area contributed by atoms with Crippen molar-refractivity contribution in [1.29, 1.82) is 0 Å². The number of likely N-dealkylation sites (N-methyl/N-ethyl adjacent to an activating group) is 1. The van der Waals surface area contributed by atoms with Crippen LogP contribution >= 0.6 is 22.9 Å². The SMILES string of the molecule is CN1CC(=O)N(CCCc2nc(CCl)cs2)C1=O. The molecule has 0 spiro atoms. The van der Waals surface area contributed by atoms with Crippen LogP contribution in [0.4, 0.5) is 4.79 Å². The number of urea groups is 1. The lowest BCUT2D eigenvalue weighted by molar-refractivity contribution is -0.125. The first-order chi connectivity index (χ1) is 8.61. The normalized spacial score (nSPS) is 15.9. The summed E-state index contributed by atoms with van der Waals surface area (Å²) in [6.07, 6.45) is 1.50. The van der Waals surface area contributed by atoms with Gasteiger partial charge in [0, 0.05) is 25.4 Å². The summed E-state index contributed by atoms with van der Waals surface area (Å²) < 4.78 is 0. The molecule has 0 aromatic carbocycles. The Morgan fingerprint density at radius 2 is 2.28 bits per heavy atom. The zero-order valence-corrected chi connectivity index (χ0v) is 11.6. The lowest BCUT2D eigenvalue weighted by Gasteiger charge is -2.13. The van der Waals surface area contributed by atoms with Crippen LogP contribution in [-0.2, 0) is 17.1 Å². The molecule has 5 nitrogen and oxygen atoms in total. The van der Waals surface area contributed by atoms with Crippen molar-refractivity contribution >= 4 is 34.9 Å². The molecule has 7 heteroatoms. The Morgan fingerprint density at radius 1 is 1.50 bits per heavy atom. The summed E-state index contributed by atoms with van der Waals surface area (Å²) in [6.45, 7) is 0.643. The van der Waals surface area contributed by atoms with Crippen molar-refractivity contribution < 1.29 is 9.59 Å². The first kappa shape index (κ1) is 13.3. The maximum Gasteiger partial charge on any atom is 0.326 e. The van der Waals surface area contributed by atoms with E-state index in [4.69, 9.17) is 11.6 Å². The Balaban J connectivity index is 1.82. The Hall–Kier alpha value is -1.14. The van der Waals surface area contributed by atoms with Crippen LogP contribution in [0, 0.1) is 0 Å². The molecule has 3 amide bonds. The zero-order chi connectivity index (χ0) is 13.1. The first-order valence-corrected chi connectivity index (χ1v) is 7.08. The average molecular weight is 288 g/mol. The van der Waals surface area contributed by atoms with Crippen LogP contribution in [0.5, 0.6) is 0 Å². The Kier molecular flexibility index (Phi) is 4.19. The minimum absolute atomic E-state index is 0.122. The van der Waals surface area contributed by atoms with Crippen LogP contribution in [0.15, 0.2) is 5.38 Å². The highest BCUT2D eigenvalue weighted by Gasteiger charge is 2.32. The summed E-state index contributed by atoms with van der Waals surface area (Å²) in [5.74, 6) is 0.299. The molecule has 1 aromatic rings. The molecule has 18 heavy (non-hydrogen) atoms. The summed E-state index contributed by atoms with van der Waals surface area (Å²) in [4.78, 5) is 30.2. The molecule has 98 valence electrons. The second-order valence-corrected chi connectivity index (χ2v) is 5.36. The maximum atomic E-state index is 11.6. The molecule has 2 rings (SSSR count). The third kappa shape index (κ3) is 2.81. The van der Waals surface area contributed by atoms with Gasteiger partial charge in [0.25, 0.3) is 0 Å². The maximum absolute atomic E-state index is 11.6. The molecular weight excluding hydrogens is 274 g/mol. The van der Waals surface area contributed by atoms with E-state index in [1.54, 1.807) is 18.4 Å². The number of thiazole rings is 1. The summed E-state index contributed by atoms with van der Waals surface area (Å²) in [5.41, 5.74) is 0.879. The van der Waals surface area contributed by atoms with Crippen LogP contribution in [0.2, 0.25) is 0 Å². The highest BCUT2D eigenvalue weighted by atomic mass is 35.5. The Labute approximate surface area is 114 Å². The van der Waals surface area contributed by atoms with Gasteiger partial charge in [-0.05, 0) is 6.42 Å². The highest BCUT2D eigenvalue weighted by Crippen LogP contribution is 2.15. The fraction of sp³-hybridized carbons (Fsp3) is 0.545. The number of alkyl halides is 1. The molecule has 0 aliphatic carbocycles. The van der Waals surface area contributed by atoms with Crippen molar-refractivity contribution in [2.45, 2.75) is 18.7 Å². The van der Waals surface area contributed by atoms with Gasteiger partial charge in [0.2, 0.25) is 5.91 Å². The van der Waals surface area contributed by atoms with Crippen LogP contribution in [-0.4, -0.2) is 46.9 Å². The van der Waals surface area contributed by atoms with Gasteiger partial charge in [0.1, 0.15) is 6.54 Å². The van der Waals surface area contributed by atoms with Crippen molar-refractivity contribution in [3.05, 3.63) is 16.1 Å². The van der Waals surface area contributed by atoms with Crippen LogP contribution in [0.25, 0.3) is 0 Å². The number of hydrogen-bond donors (Lipinski definition) is 0. The molecule has 1 aliphatic heterocycles. The fourth-order valence-corrected chi connectivity index (χ4v) is 2.87. The zero-order valence-electron chi connectivity index (χ0n) is 10.1. The van der Waals surface area contributed by atoms with E-state index in [9.17, 15) is 9.59 Å². The number of nitrogens with zero attached hydrogens (tertiary/aromatic N) is 3. The molecule has 0 saturated carbocycles. The van der Waals surface area contributed by atoms with Gasteiger partial charge in [0.05, 0.1) is 16.6 Å². The molecule has 1 saturated heterocycles. The van der Waals surface area contributed by atoms with Gasteiger partial charge in [-0.15, -0.1) is 22.9 Å². The van der Waals surface area contributed by atoms with Crippen molar-refractivity contribution in [3.63, 3.8) is 0 Å². The Morgan fingerprint density at radius 3 is 2.83 bits per heavy atom. The summed E-state index contributed by atoms with van der Waals surface area (Å²) >= 11 is 7.24. The number of amides is 3. The van der Waals surface area contributed by atoms with E-state index < -0.39 is 0 Å². The van der Waals surface area contributed by atoms with Gasteiger partial charge in [-0.2, -0.15) is 0 Å². The largest absolute Gasteiger partial charge is 0.326 e. The summed E-state index contributed by atoms with van der Waals surface area (Å²) in [5, 5.41) is 2.93. The van der Waals surface area contributed by atoms with Gasteiger partial charge in [-0.3, -0.25) is 9.69 Å². The van der Waals surface area contributed by atoms with Crippen molar-refractivity contribution in [1.82, 2.24) is 14.8 Å². The van der Waals surface area contributed by atoms with E-state index in [1.165, 1.54) is 9.80 Å². The number of aromatic nitrogens is 1. The summed E-state index contributed by atoms with van der Waals surface area (Å²) in [7, 11) is 1.63. The number of aryl methyl sites for hydroxylation is 1. The second kappa shape index (κ2) is 5.67. The molecule has 1 aliphatic rings. The first-order valence-electron chi connectivity index (χ1n) is 5.66. The molecule has 0 atom stereocenters. The van der Waals surface area contributed by atoms with Gasteiger partial charge < -0.3 is 4.90 Å². The van der Waals surface area contributed by atoms with E-state index in [2.05, 4.69) is 4.98 Å². The number of hydrogen-bond acceptors (Lipinski definition) is 4. The van der Waals surface area contributed by atoms with Crippen molar-refractivity contribution in [3.8, 4) is 0 Å².